The van der Waals surface area contributed by atoms with Gasteiger partial charge in [0, 0.05) is 38.5 Å². The number of aromatic nitrogens is 3. The molecule has 0 atom stereocenters. The van der Waals surface area contributed by atoms with E-state index in [0.717, 1.165) is 54.3 Å². The maximum Gasteiger partial charge on any atom is 0.208 e. The average Bonchev–Trinajstić information content (AvgIpc) is 3.02. The Kier molecular flexibility index (Phi) is 5.00. The van der Waals surface area contributed by atoms with Crippen LogP contribution in [0.4, 0.5) is 5.69 Å². The van der Waals surface area contributed by atoms with Crippen molar-refractivity contribution in [3.05, 3.63) is 35.6 Å². The Bertz CT molecular complexity index is 554. The van der Waals surface area contributed by atoms with Crippen LogP contribution in [0.25, 0.3) is 0 Å². The normalized spacial score (nSPS) is 16.3. The molecule has 21 heavy (non-hydrogen) atoms. The van der Waals surface area contributed by atoms with Crippen LogP contribution < -0.4 is 4.90 Å². The van der Waals surface area contributed by atoms with Crippen LogP contribution in [0.5, 0.6) is 0 Å². The number of halogens is 1. The van der Waals surface area contributed by atoms with Crippen molar-refractivity contribution in [2.45, 2.75) is 5.16 Å². The molecule has 1 aliphatic rings. The first kappa shape index (κ1) is 14.7. The highest BCUT2D eigenvalue weighted by Gasteiger charge is 2.18. The molecule has 1 N–H and O–H groups in total. The number of anilines is 1. The van der Waals surface area contributed by atoms with Crippen molar-refractivity contribution in [3.8, 4) is 0 Å². The fraction of sp³-hybridized carbons (Fsp3) is 0.429. The van der Waals surface area contributed by atoms with E-state index in [1.165, 1.54) is 0 Å². The predicted octanol–water partition coefficient (Wildman–Crippen LogP) is 2.37. The van der Waals surface area contributed by atoms with Crippen molar-refractivity contribution in [1.82, 2.24) is 20.1 Å². The highest BCUT2D eigenvalue weighted by molar-refractivity contribution is 7.99. The summed E-state index contributed by atoms with van der Waals surface area (Å²) in [5, 5.41) is 8.44. The summed E-state index contributed by atoms with van der Waals surface area (Å²) in [5.74, 6) is 1.02. The van der Waals surface area contributed by atoms with Crippen LogP contribution in [-0.2, 0) is 0 Å². The van der Waals surface area contributed by atoms with Crippen molar-refractivity contribution >= 4 is 29.1 Å². The number of nitrogens with zero attached hydrogens (tertiary/aromatic N) is 4. The van der Waals surface area contributed by atoms with Crippen LogP contribution in [0, 0.1) is 0 Å². The molecule has 0 spiro atoms. The molecule has 0 bridgehead atoms. The van der Waals surface area contributed by atoms with E-state index in [1.807, 2.05) is 18.2 Å². The average molecular weight is 324 g/mol. The summed E-state index contributed by atoms with van der Waals surface area (Å²) in [7, 11) is 0. The lowest BCUT2D eigenvalue weighted by molar-refractivity contribution is 0.273. The lowest BCUT2D eigenvalue weighted by atomic mass is 10.2. The van der Waals surface area contributed by atoms with E-state index < -0.39 is 0 Å². The van der Waals surface area contributed by atoms with E-state index in [2.05, 4.69) is 31.0 Å². The highest BCUT2D eigenvalue weighted by Crippen LogP contribution is 2.26. The van der Waals surface area contributed by atoms with Gasteiger partial charge < -0.3 is 4.90 Å². The topological polar surface area (TPSA) is 48.0 Å². The van der Waals surface area contributed by atoms with Gasteiger partial charge in [0.05, 0.1) is 10.7 Å². The number of rotatable bonds is 5. The van der Waals surface area contributed by atoms with Gasteiger partial charge in [-0.25, -0.2) is 4.98 Å². The number of nitrogens with one attached hydrogen (secondary N) is 1. The monoisotopic (exact) mass is 323 g/mol. The predicted molar refractivity (Wildman–Crippen MR) is 87.2 cm³/mol. The van der Waals surface area contributed by atoms with Gasteiger partial charge in [-0.1, -0.05) is 35.5 Å². The fourth-order valence-electron chi connectivity index (χ4n) is 2.45. The summed E-state index contributed by atoms with van der Waals surface area (Å²) in [6.45, 7) is 5.25. The molecule has 1 aromatic carbocycles. The Hall–Kier alpha value is -1.24. The third kappa shape index (κ3) is 3.90. The number of H-pyrrole nitrogens is 1. The Morgan fingerprint density at radius 3 is 2.71 bits per heavy atom. The minimum Gasteiger partial charge on any atom is -0.368 e. The summed E-state index contributed by atoms with van der Waals surface area (Å²) >= 11 is 7.95. The number of benzene rings is 1. The highest BCUT2D eigenvalue weighted by atomic mass is 35.5. The van der Waals surface area contributed by atoms with Crippen LogP contribution in [0.1, 0.15) is 0 Å². The van der Waals surface area contributed by atoms with E-state index in [1.54, 1.807) is 18.1 Å². The van der Waals surface area contributed by atoms with Gasteiger partial charge in [0.2, 0.25) is 5.16 Å². The molecule has 2 aromatic rings. The summed E-state index contributed by atoms with van der Waals surface area (Å²) < 4.78 is 0. The lowest BCUT2D eigenvalue weighted by Gasteiger charge is -2.36. The van der Waals surface area contributed by atoms with E-state index in [4.69, 9.17) is 11.6 Å². The van der Waals surface area contributed by atoms with E-state index >= 15 is 0 Å². The van der Waals surface area contributed by atoms with Gasteiger partial charge in [0.1, 0.15) is 6.33 Å². The summed E-state index contributed by atoms with van der Waals surface area (Å²) in [6.07, 6.45) is 1.62. The minimum absolute atomic E-state index is 0.824. The Balaban J connectivity index is 1.44. The molecule has 112 valence electrons. The Morgan fingerprint density at radius 2 is 2.00 bits per heavy atom. The molecule has 0 aliphatic carbocycles. The van der Waals surface area contributed by atoms with Gasteiger partial charge >= 0.3 is 0 Å². The first-order valence-electron chi connectivity index (χ1n) is 7.03. The standard InChI is InChI=1S/C14H18ClN5S/c15-12-3-1-2-4-13(12)20-7-5-19(6-8-20)9-10-21-14-16-11-17-18-14/h1-4,11H,5-10H2,(H,16,17,18). The largest absolute Gasteiger partial charge is 0.368 e. The number of piperazine rings is 1. The number of hydrogen-bond donors (Lipinski definition) is 1. The summed E-state index contributed by atoms with van der Waals surface area (Å²) in [4.78, 5) is 8.96. The molecular weight excluding hydrogens is 306 g/mol. The van der Waals surface area contributed by atoms with Crippen molar-refractivity contribution in [2.75, 3.05) is 43.4 Å². The molecule has 2 heterocycles. The maximum absolute atomic E-state index is 6.26. The molecule has 1 aliphatic heterocycles. The van der Waals surface area contributed by atoms with Gasteiger partial charge in [-0.3, -0.25) is 10.00 Å². The molecule has 3 rings (SSSR count). The summed E-state index contributed by atoms with van der Waals surface area (Å²) in [5.41, 5.74) is 1.15. The molecule has 5 nitrogen and oxygen atoms in total. The SMILES string of the molecule is Clc1ccccc1N1CCN(CCSc2nc[nH]n2)CC1. The zero-order chi connectivity index (χ0) is 14.5. The van der Waals surface area contributed by atoms with Gasteiger partial charge in [0.15, 0.2) is 0 Å². The van der Waals surface area contributed by atoms with Crippen LogP contribution in [0.3, 0.4) is 0 Å². The van der Waals surface area contributed by atoms with E-state index in [9.17, 15) is 0 Å². The first-order chi connectivity index (χ1) is 10.3. The summed E-state index contributed by atoms with van der Waals surface area (Å²) in [6, 6.07) is 8.07. The second-order valence-corrected chi connectivity index (χ2v) is 6.38. The van der Waals surface area contributed by atoms with Gasteiger partial charge in [-0.15, -0.1) is 5.10 Å². The molecule has 1 saturated heterocycles. The quantitative estimate of drug-likeness (QED) is 0.856. The van der Waals surface area contributed by atoms with Gasteiger partial charge in [-0.2, -0.15) is 0 Å². The number of thioether (sulfide) groups is 1. The number of hydrogen-bond acceptors (Lipinski definition) is 5. The molecule has 7 heteroatoms. The molecule has 0 unspecified atom stereocenters. The van der Waals surface area contributed by atoms with Crippen LogP contribution in [-0.4, -0.2) is 58.6 Å². The van der Waals surface area contributed by atoms with Crippen LogP contribution >= 0.6 is 23.4 Å². The zero-order valence-corrected chi connectivity index (χ0v) is 13.3. The number of aromatic amines is 1. The Morgan fingerprint density at radius 1 is 1.19 bits per heavy atom. The van der Waals surface area contributed by atoms with Gasteiger partial charge in [-0.05, 0) is 12.1 Å². The number of para-hydroxylation sites is 1. The first-order valence-corrected chi connectivity index (χ1v) is 8.40. The third-order valence-corrected chi connectivity index (χ3v) is 4.76. The second-order valence-electron chi connectivity index (χ2n) is 4.91. The molecule has 1 aromatic heterocycles. The lowest BCUT2D eigenvalue weighted by Crippen LogP contribution is -2.47. The zero-order valence-electron chi connectivity index (χ0n) is 11.7. The minimum atomic E-state index is 0.824. The van der Waals surface area contributed by atoms with E-state index in [0.29, 0.717) is 0 Å². The smallest absolute Gasteiger partial charge is 0.208 e. The second kappa shape index (κ2) is 7.15. The van der Waals surface area contributed by atoms with Crippen molar-refractivity contribution in [1.29, 1.82) is 0 Å². The molecule has 1 fully saturated rings. The van der Waals surface area contributed by atoms with Gasteiger partial charge in [0.25, 0.3) is 0 Å². The van der Waals surface area contributed by atoms with E-state index in [-0.39, 0.29) is 0 Å². The molecule has 0 radical (unpaired) electrons. The molecular formula is C14H18ClN5S. The third-order valence-electron chi connectivity index (χ3n) is 3.60. The molecule has 0 amide bonds. The van der Waals surface area contributed by atoms with Crippen molar-refractivity contribution < 1.29 is 0 Å². The van der Waals surface area contributed by atoms with Crippen molar-refractivity contribution in [3.63, 3.8) is 0 Å². The Labute approximate surface area is 133 Å². The van der Waals surface area contributed by atoms with Crippen molar-refractivity contribution in [2.24, 2.45) is 0 Å². The van der Waals surface area contributed by atoms with Crippen LogP contribution in [0.2, 0.25) is 5.02 Å². The molecule has 0 saturated carbocycles. The fourth-order valence-corrected chi connectivity index (χ4v) is 3.48. The maximum atomic E-state index is 6.26. The van der Waals surface area contributed by atoms with Crippen LogP contribution in [0.15, 0.2) is 35.7 Å².